The normalized spacial score (nSPS) is 28.7. The third-order valence-corrected chi connectivity index (χ3v) is 3.29. The molecule has 88 valence electrons. The molecule has 0 unspecified atom stereocenters. The zero-order valence-corrected chi connectivity index (χ0v) is 10.1. The van der Waals surface area contributed by atoms with Crippen molar-refractivity contribution in [2.24, 2.45) is 0 Å². The largest absolute Gasteiger partial charge is 0.343 e. The van der Waals surface area contributed by atoms with Gasteiger partial charge >= 0.3 is 0 Å². The maximum atomic E-state index is 5.86. The van der Waals surface area contributed by atoms with Crippen molar-refractivity contribution in [1.82, 2.24) is 0 Å². The summed E-state index contributed by atoms with van der Waals surface area (Å²) >= 11 is 0. The highest BCUT2D eigenvalue weighted by Gasteiger charge is 2.36. The van der Waals surface area contributed by atoms with Crippen molar-refractivity contribution in [3.63, 3.8) is 0 Å². The van der Waals surface area contributed by atoms with Crippen LogP contribution in [0.5, 0.6) is 0 Å². The minimum atomic E-state index is -0.594. The minimum Gasteiger partial charge on any atom is -0.343 e. The molecule has 2 aromatic rings. The van der Waals surface area contributed by atoms with Crippen molar-refractivity contribution in [1.29, 1.82) is 0 Å². The van der Waals surface area contributed by atoms with Gasteiger partial charge in [-0.3, -0.25) is 0 Å². The molecule has 0 bridgehead atoms. The summed E-state index contributed by atoms with van der Waals surface area (Å²) in [4.78, 5) is 0. The van der Waals surface area contributed by atoms with Gasteiger partial charge in [-0.1, -0.05) is 36.4 Å². The minimum absolute atomic E-state index is 0.159. The van der Waals surface area contributed by atoms with E-state index in [-0.39, 0.29) is 6.10 Å². The van der Waals surface area contributed by atoms with Gasteiger partial charge in [0.25, 0.3) is 0 Å². The van der Waals surface area contributed by atoms with Crippen molar-refractivity contribution in [2.75, 3.05) is 6.61 Å². The quantitative estimate of drug-likeness (QED) is 0.744. The van der Waals surface area contributed by atoms with Crippen molar-refractivity contribution in [2.45, 2.75) is 25.7 Å². The smallest absolute Gasteiger partial charge is 0.192 e. The van der Waals surface area contributed by atoms with Crippen molar-refractivity contribution < 1.29 is 9.47 Å². The molecule has 1 fully saturated rings. The molecule has 2 atom stereocenters. The van der Waals surface area contributed by atoms with Crippen LogP contribution in [0.2, 0.25) is 0 Å². The molecule has 1 aliphatic heterocycles. The number of hydrogen-bond acceptors (Lipinski definition) is 2. The van der Waals surface area contributed by atoms with Crippen LogP contribution in [0.3, 0.4) is 0 Å². The van der Waals surface area contributed by atoms with E-state index >= 15 is 0 Å². The van der Waals surface area contributed by atoms with Gasteiger partial charge in [0.05, 0.1) is 12.7 Å². The molecule has 0 aliphatic carbocycles. The van der Waals surface area contributed by atoms with E-state index in [1.54, 1.807) is 0 Å². The SMILES string of the molecule is C[C@@H]1CO[C@](C)(c2ccc3ccccc3c2)O1. The standard InChI is InChI=1S/C15H16O2/c1-11-10-16-15(2,17-11)14-8-7-12-5-3-4-6-13(12)9-14/h3-9,11H,10H2,1-2H3/t11-,15+/m1/s1. The summed E-state index contributed by atoms with van der Waals surface area (Å²) in [6, 6.07) is 14.7. The van der Waals surface area contributed by atoms with Gasteiger partial charge in [0, 0.05) is 5.56 Å². The van der Waals surface area contributed by atoms with Gasteiger partial charge in [-0.05, 0) is 30.7 Å². The van der Waals surface area contributed by atoms with E-state index in [0.717, 1.165) is 5.56 Å². The Hall–Kier alpha value is -1.38. The molecule has 0 amide bonds. The second kappa shape index (κ2) is 3.83. The lowest BCUT2D eigenvalue weighted by Gasteiger charge is -2.23. The van der Waals surface area contributed by atoms with Crippen LogP contribution in [0.1, 0.15) is 19.4 Å². The Balaban J connectivity index is 2.06. The van der Waals surface area contributed by atoms with Gasteiger partial charge in [0.2, 0.25) is 0 Å². The third-order valence-electron chi connectivity index (χ3n) is 3.29. The van der Waals surface area contributed by atoms with Gasteiger partial charge in [-0.15, -0.1) is 0 Å². The Morgan fingerprint density at radius 1 is 1.12 bits per heavy atom. The van der Waals surface area contributed by atoms with Crippen LogP contribution < -0.4 is 0 Å². The molecule has 17 heavy (non-hydrogen) atoms. The highest BCUT2D eigenvalue weighted by molar-refractivity contribution is 5.83. The molecule has 1 saturated heterocycles. The van der Waals surface area contributed by atoms with Crippen molar-refractivity contribution >= 4 is 10.8 Å². The fourth-order valence-corrected chi connectivity index (χ4v) is 2.35. The van der Waals surface area contributed by atoms with Gasteiger partial charge in [0.1, 0.15) is 0 Å². The molecule has 1 aliphatic rings. The molecule has 0 radical (unpaired) electrons. The highest BCUT2D eigenvalue weighted by atomic mass is 16.7. The van der Waals surface area contributed by atoms with Crippen LogP contribution in [0, 0.1) is 0 Å². The highest BCUT2D eigenvalue weighted by Crippen LogP contribution is 2.34. The molecule has 2 nitrogen and oxygen atoms in total. The Morgan fingerprint density at radius 3 is 2.59 bits per heavy atom. The van der Waals surface area contributed by atoms with E-state index in [0.29, 0.717) is 6.61 Å². The predicted molar refractivity (Wildman–Crippen MR) is 67.8 cm³/mol. The van der Waals surface area contributed by atoms with Gasteiger partial charge < -0.3 is 9.47 Å². The van der Waals surface area contributed by atoms with E-state index in [1.807, 2.05) is 26.0 Å². The van der Waals surface area contributed by atoms with E-state index in [9.17, 15) is 0 Å². The first-order valence-electron chi connectivity index (χ1n) is 5.98. The second-order valence-corrected chi connectivity index (χ2v) is 4.75. The average molecular weight is 228 g/mol. The second-order valence-electron chi connectivity index (χ2n) is 4.75. The molecule has 0 spiro atoms. The summed E-state index contributed by atoms with van der Waals surface area (Å²) < 4.78 is 11.6. The maximum absolute atomic E-state index is 5.86. The molecule has 3 rings (SSSR count). The van der Waals surface area contributed by atoms with Crippen LogP contribution in [0.4, 0.5) is 0 Å². The Morgan fingerprint density at radius 2 is 1.88 bits per heavy atom. The van der Waals surface area contributed by atoms with Gasteiger partial charge in [-0.2, -0.15) is 0 Å². The zero-order chi connectivity index (χ0) is 11.9. The number of benzene rings is 2. The number of rotatable bonds is 1. The topological polar surface area (TPSA) is 18.5 Å². The molecule has 0 aromatic heterocycles. The summed E-state index contributed by atoms with van der Waals surface area (Å²) in [5, 5.41) is 2.46. The molecule has 2 aromatic carbocycles. The molecule has 2 heteroatoms. The fourth-order valence-electron chi connectivity index (χ4n) is 2.35. The molecule has 0 saturated carbocycles. The fraction of sp³-hybridized carbons (Fsp3) is 0.333. The Kier molecular flexibility index (Phi) is 2.42. The third kappa shape index (κ3) is 1.84. The zero-order valence-electron chi connectivity index (χ0n) is 10.1. The number of hydrogen-bond donors (Lipinski definition) is 0. The maximum Gasteiger partial charge on any atom is 0.192 e. The van der Waals surface area contributed by atoms with Gasteiger partial charge in [0.15, 0.2) is 5.79 Å². The van der Waals surface area contributed by atoms with E-state index in [1.165, 1.54) is 10.8 Å². The van der Waals surface area contributed by atoms with E-state index in [4.69, 9.17) is 9.47 Å². The molecule has 0 N–H and O–H groups in total. The van der Waals surface area contributed by atoms with Crippen LogP contribution >= 0.6 is 0 Å². The van der Waals surface area contributed by atoms with Crippen LogP contribution in [-0.2, 0) is 15.3 Å². The summed E-state index contributed by atoms with van der Waals surface area (Å²) in [5.74, 6) is -0.594. The van der Waals surface area contributed by atoms with Crippen molar-refractivity contribution in [3.05, 3.63) is 48.0 Å². The molecule has 1 heterocycles. The van der Waals surface area contributed by atoms with Crippen LogP contribution in [-0.4, -0.2) is 12.7 Å². The first kappa shape index (κ1) is 10.8. The first-order chi connectivity index (χ1) is 8.17. The average Bonchev–Trinajstić information content (AvgIpc) is 2.70. The number of ether oxygens (including phenoxy) is 2. The van der Waals surface area contributed by atoms with Crippen LogP contribution in [0.15, 0.2) is 42.5 Å². The Bertz CT molecular complexity index is 549. The van der Waals surface area contributed by atoms with Crippen molar-refractivity contribution in [3.8, 4) is 0 Å². The van der Waals surface area contributed by atoms with Gasteiger partial charge in [-0.25, -0.2) is 0 Å². The van der Waals surface area contributed by atoms with Crippen LogP contribution in [0.25, 0.3) is 10.8 Å². The lowest BCUT2D eigenvalue weighted by Crippen LogP contribution is -2.23. The number of fused-ring (bicyclic) bond motifs is 1. The molecular formula is C15H16O2. The lowest BCUT2D eigenvalue weighted by atomic mass is 10.0. The van der Waals surface area contributed by atoms with E-state index in [2.05, 4.69) is 30.3 Å². The predicted octanol–water partition coefficient (Wildman–Crippen LogP) is 3.45. The summed E-state index contributed by atoms with van der Waals surface area (Å²) in [6.45, 7) is 4.68. The summed E-state index contributed by atoms with van der Waals surface area (Å²) in [6.07, 6.45) is 0.159. The Labute approximate surface area is 101 Å². The summed E-state index contributed by atoms with van der Waals surface area (Å²) in [7, 11) is 0. The first-order valence-corrected chi connectivity index (χ1v) is 5.98. The van der Waals surface area contributed by atoms with E-state index < -0.39 is 5.79 Å². The lowest BCUT2D eigenvalue weighted by molar-refractivity contribution is -0.159. The molecular weight excluding hydrogens is 212 g/mol. The monoisotopic (exact) mass is 228 g/mol. The summed E-state index contributed by atoms with van der Waals surface area (Å²) in [5.41, 5.74) is 1.08.